The van der Waals surface area contributed by atoms with Crippen LogP contribution >= 0.6 is 0 Å². The molecule has 6 heteroatoms. The van der Waals surface area contributed by atoms with Gasteiger partial charge in [-0.2, -0.15) is 0 Å². The topological polar surface area (TPSA) is 87.1 Å². The highest BCUT2D eigenvalue weighted by Crippen LogP contribution is 2.32. The van der Waals surface area contributed by atoms with Gasteiger partial charge in [0.2, 0.25) is 0 Å². The van der Waals surface area contributed by atoms with Crippen LogP contribution in [-0.2, 0) is 22.6 Å². The molecule has 0 saturated carbocycles. The van der Waals surface area contributed by atoms with E-state index >= 15 is 0 Å². The van der Waals surface area contributed by atoms with Gasteiger partial charge in [-0.15, -0.1) is 0 Å². The Morgan fingerprint density at radius 3 is 2.62 bits per heavy atom. The van der Waals surface area contributed by atoms with Crippen molar-refractivity contribution in [3.8, 4) is 5.75 Å². The molecule has 24 heavy (non-hydrogen) atoms. The number of carbonyl (C=O) groups excluding carboxylic acids is 1. The Morgan fingerprint density at radius 2 is 1.92 bits per heavy atom. The summed E-state index contributed by atoms with van der Waals surface area (Å²) in [5.41, 5.74) is 2.07. The molecular formula is C18H17NO5. The van der Waals surface area contributed by atoms with Crippen molar-refractivity contribution in [2.24, 2.45) is 0 Å². The number of ether oxygens (including phenoxy) is 1. The van der Waals surface area contributed by atoms with Crippen molar-refractivity contribution < 1.29 is 24.5 Å². The average molecular weight is 327 g/mol. The van der Waals surface area contributed by atoms with E-state index in [0.29, 0.717) is 12.0 Å². The summed E-state index contributed by atoms with van der Waals surface area (Å²) in [5.74, 6) is -1.05. The molecule has 1 aliphatic rings. The molecule has 0 aromatic heterocycles. The van der Waals surface area contributed by atoms with E-state index in [4.69, 9.17) is 4.74 Å². The fourth-order valence-corrected chi connectivity index (χ4v) is 2.88. The van der Waals surface area contributed by atoms with Crippen LogP contribution in [0.5, 0.6) is 5.75 Å². The van der Waals surface area contributed by atoms with Gasteiger partial charge in [0.05, 0.1) is 0 Å². The lowest BCUT2D eigenvalue weighted by Gasteiger charge is -2.34. The van der Waals surface area contributed by atoms with Gasteiger partial charge in [0.1, 0.15) is 12.4 Å². The van der Waals surface area contributed by atoms with Crippen LogP contribution < -0.4 is 0 Å². The summed E-state index contributed by atoms with van der Waals surface area (Å²) in [6.45, 7) is 0.311. The Bertz CT molecular complexity index is 759. The average Bonchev–Trinajstić information content (AvgIpc) is 2.59. The van der Waals surface area contributed by atoms with Crippen LogP contribution in [0.4, 0.5) is 4.79 Å². The Kier molecular flexibility index (Phi) is 4.37. The van der Waals surface area contributed by atoms with Crippen LogP contribution in [0.15, 0.2) is 48.5 Å². The fourth-order valence-electron chi connectivity index (χ4n) is 2.88. The van der Waals surface area contributed by atoms with Crippen molar-refractivity contribution in [1.82, 2.24) is 4.90 Å². The fraction of sp³-hybridized carbons (Fsp3) is 0.222. The number of hydrogen-bond donors (Lipinski definition) is 2. The number of rotatable bonds is 3. The van der Waals surface area contributed by atoms with Gasteiger partial charge < -0.3 is 14.9 Å². The van der Waals surface area contributed by atoms with E-state index in [-0.39, 0.29) is 18.9 Å². The largest absolute Gasteiger partial charge is 0.508 e. The number of carboxylic acids is 1. The van der Waals surface area contributed by atoms with Crippen LogP contribution in [0.2, 0.25) is 0 Å². The molecule has 6 nitrogen and oxygen atoms in total. The lowest BCUT2D eigenvalue weighted by molar-refractivity contribution is -0.143. The van der Waals surface area contributed by atoms with Crippen LogP contribution in [0.1, 0.15) is 22.7 Å². The number of amides is 1. The summed E-state index contributed by atoms with van der Waals surface area (Å²) in [5, 5.41) is 19.1. The van der Waals surface area contributed by atoms with E-state index in [2.05, 4.69) is 0 Å². The highest BCUT2D eigenvalue weighted by Gasteiger charge is 2.37. The highest BCUT2D eigenvalue weighted by atomic mass is 16.6. The van der Waals surface area contributed by atoms with Gasteiger partial charge in [-0.3, -0.25) is 4.90 Å². The van der Waals surface area contributed by atoms with Crippen molar-refractivity contribution in [3.05, 3.63) is 65.2 Å². The number of carbonyl (C=O) groups is 2. The molecule has 1 atom stereocenters. The lowest BCUT2D eigenvalue weighted by atomic mass is 9.92. The van der Waals surface area contributed by atoms with Crippen molar-refractivity contribution in [3.63, 3.8) is 0 Å². The molecule has 3 rings (SSSR count). The second-order valence-electron chi connectivity index (χ2n) is 5.61. The van der Waals surface area contributed by atoms with Gasteiger partial charge in [0.15, 0.2) is 6.04 Å². The maximum absolute atomic E-state index is 12.4. The Morgan fingerprint density at radius 1 is 1.17 bits per heavy atom. The van der Waals surface area contributed by atoms with E-state index in [1.165, 1.54) is 17.0 Å². The lowest BCUT2D eigenvalue weighted by Crippen LogP contribution is -2.43. The van der Waals surface area contributed by atoms with Gasteiger partial charge in [-0.1, -0.05) is 36.4 Å². The third kappa shape index (κ3) is 3.17. The number of fused-ring (bicyclic) bond motifs is 1. The van der Waals surface area contributed by atoms with Crippen molar-refractivity contribution >= 4 is 12.1 Å². The zero-order valence-electron chi connectivity index (χ0n) is 12.9. The minimum atomic E-state index is -1.13. The minimum Gasteiger partial charge on any atom is -0.508 e. The molecule has 0 saturated heterocycles. The molecule has 1 heterocycles. The molecule has 0 bridgehead atoms. The van der Waals surface area contributed by atoms with Crippen molar-refractivity contribution in [2.75, 3.05) is 6.54 Å². The number of aliphatic carboxylic acids is 1. The van der Waals surface area contributed by atoms with E-state index in [9.17, 15) is 19.8 Å². The molecule has 1 amide bonds. The first-order chi connectivity index (χ1) is 11.6. The second kappa shape index (κ2) is 6.62. The molecule has 0 radical (unpaired) electrons. The molecule has 0 unspecified atom stereocenters. The zero-order valence-corrected chi connectivity index (χ0v) is 12.9. The SMILES string of the molecule is O=C(O)[C@H]1c2ccc(O)cc2CCN1C(=O)OCc1ccccc1. The molecule has 2 aromatic carbocycles. The Hall–Kier alpha value is -3.02. The number of benzene rings is 2. The predicted octanol–water partition coefficient (Wildman–Crippen LogP) is 2.71. The first kappa shape index (κ1) is 15.9. The first-order valence-electron chi connectivity index (χ1n) is 7.58. The third-order valence-electron chi connectivity index (χ3n) is 4.03. The van der Waals surface area contributed by atoms with Crippen LogP contribution in [0.25, 0.3) is 0 Å². The van der Waals surface area contributed by atoms with Gasteiger partial charge in [0.25, 0.3) is 0 Å². The molecular weight excluding hydrogens is 310 g/mol. The molecule has 0 aliphatic carbocycles. The molecule has 1 aliphatic heterocycles. The standard InChI is InChI=1S/C18H17NO5/c20-14-6-7-15-13(10-14)8-9-19(16(15)17(21)22)18(23)24-11-12-4-2-1-3-5-12/h1-7,10,16,20H,8-9,11H2,(H,21,22)/t16-/m1/s1. The van der Waals surface area contributed by atoms with Crippen LogP contribution in [0.3, 0.4) is 0 Å². The van der Waals surface area contributed by atoms with Crippen LogP contribution in [0, 0.1) is 0 Å². The number of phenols is 1. The highest BCUT2D eigenvalue weighted by molar-refractivity contribution is 5.82. The monoisotopic (exact) mass is 327 g/mol. The molecule has 0 spiro atoms. The van der Waals surface area contributed by atoms with Crippen molar-refractivity contribution in [1.29, 1.82) is 0 Å². The summed E-state index contributed by atoms with van der Waals surface area (Å²) in [4.78, 5) is 25.2. The summed E-state index contributed by atoms with van der Waals surface area (Å²) < 4.78 is 5.26. The number of phenolic OH excluding ortho intramolecular Hbond substituents is 1. The summed E-state index contributed by atoms with van der Waals surface area (Å²) in [7, 11) is 0. The third-order valence-corrected chi connectivity index (χ3v) is 4.03. The maximum Gasteiger partial charge on any atom is 0.411 e. The normalized spacial score (nSPS) is 16.3. The number of nitrogens with zero attached hydrogens (tertiary/aromatic N) is 1. The van der Waals surface area contributed by atoms with E-state index in [0.717, 1.165) is 11.1 Å². The van der Waals surface area contributed by atoms with Gasteiger partial charge in [-0.25, -0.2) is 9.59 Å². The second-order valence-corrected chi connectivity index (χ2v) is 5.61. The first-order valence-corrected chi connectivity index (χ1v) is 7.58. The van der Waals surface area contributed by atoms with E-state index in [1.807, 2.05) is 30.3 Å². The van der Waals surface area contributed by atoms with Gasteiger partial charge in [0, 0.05) is 6.54 Å². The van der Waals surface area contributed by atoms with E-state index in [1.54, 1.807) is 6.07 Å². The van der Waals surface area contributed by atoms with Crippen LogP contribution in [-0.4, -0.2) is 33.7 Å². The predicted molar refractivity (Wildman–Crippen MR) is 85.5 cm³/mol. The molecule has 0 fully saturated rings. The van der Waals surface area contributed by atoms with Gasteiger partial charge in [-0.05, 0) is 35.2 Å². The summed E-state index contributed by atoms with van der Waals surface area (Å²) >= 11 is 0. The zero-order chi connectivity index (χ0) is 17.1. The Balaban J connectivity index is 1.78. The molecule has 124 valence electrons. The number of aromatic hydroxyl groups is 1. The minimum absolute atomic E-state index is 0.0815. The number of hydrogen-bond acceptors (Lipinski definition) is 4. The maximum atomic E-state index is 12.4. The molecule has 2 aromatic rings. The van der Waals surface area contributed by atoms with Crippen molar-refractivity contribution in [2.45, 2.75) is 19.1 Å². The quantitative estimate of drug-likeness (QED) is 0.905. The number of carboxylic acid groups (broad SMARTS) is 1. The van der Waals surface area contributed by atoms with E-state index < -0.39 is 18.1 Å². The molecule has 2 N–H and O–H groups in total. The summed E-state index contributed by atoms with van der Waals surface area (Å²) in [6, 6.07) is 12.6. The summed E-state index contributed by atoms with van der Waals surface area (Å²) in [6.07, 6.45) is -0.196. The van der Waals surface area contributed by atoms with Gasteiger partial charge >= 0.3 is 12.1 Å². The Labute approximate surface area is 138 Å². The smallest absolute Gasteiger partial charge is 0.411 e.